The van der Waals surface area contributed by atoms with Crippen LogP contribution in [0.15, 0.2) is 18.2 Å². The van der Waals surface area contributed by atoms with Crippen LogP contribution in [-0.4, -0.2) is 32.7 Å². The van der Waals surface area contributed by atoms with Crippen LogP contribution < -0.4 is 10.6 Å². The summed E-state index contributed by atoms with van der Waals surface area (Å²) >= 11 is 0. The van der Waals surface area contributed by atoms with Crippen LogP contribution in [0, 0.1) is 17.1 Å². The number of carbonyl (C=O) groups is 1. The topological polar surface area (TPSA) is 74.2 Å². The van der Waals surface area contributed by atoms with Gasteiger partial charge in [0.25, 0.3) is 0 Å². The summed E-state index contributed by atoms with van der Waals surface area (Å²) in [5.74, 6) is -0.583. The summed E-state index contributed by atoms with van der Waals surface area (Å²) in [4.78, 5) is 11.3. The molecule has 0 aromatic heterocycles. The van der Waals surface area contributed by atoms with E-state index >= 15 is 0 Å². The van der Waals surface area contributed by atoms with Crippen molar-refractivity contribution in [1.29, 1.82) is 5.26 Å². The van der Waals surface area contributed by atoms with Gasteiger partial charge in [-0.25, -0.2) is 4.39 Å². The minimum atomic E-state index is -0.397. The van der Waals surface area contributed by atoms with Gasteiger partial charge in [0.15, 0.2) is 0 Å². The van der Waals surface area contributed by atoms with Crippen LogP contribution in [0.4, 0.5) is 4.39 Å². The fraction of sp³-hybridized carbons (Fsp3) is 0.385. The third-order valence-corrected chi connectivity index (χ3v) is 2.40. The number of halogens is 1. The van der Waals surface area contributed by atoms with Crippen LogP contribution in [-0.2, 0) is 16.1 Å². The molecule has 0 bridgehead atoms. The predicted octanol–water partition coefficient (Wildman–Crippen LogP) is 0.550. The van der Waals surface area contributed by atoms with Crippen LogP contribution in [0.3, 0.4) is 0 Å². The van der Waals surface area contributed by atoms with E-state index in [1.165, 1.54) is 18.2 Å². The second kappa shape index (κ2) is 8.19. The summed E-state index contributed by atoms with van der Waals surface area (Å²) in [7, 11) is 1.55. The molecule has 0 aliphatic carbocycles. The van der Waals surface area contributed by atoms with E-state index in [0.717, 1.165) is 0 Å². The molecule has 0 spiro atoms. The molecule has 102 valence electrons. The SMILES string of the molecule is COCCNC(=O)CNCc1cc(C#N)ccc1F. The molecule has 0 aliphatic heterocycles. The third-order valence-electron chi connectivity index (χ3n) is 2.40. The number of ether oxygens (including phenoxy) is 1. The number of carbonyl (C=O) groups excluding carboxylic acids is 1. The first-order valence-corrected chi connectivity index (χ1v) is 5.82. The van der Waals surface area contributed by atoms with E-state index in [-0.39, 0.29) is 19.0 Å². The molecule has 6 heteroatoms. The maximum atomic E-state index is 13.4. The Morgan fingerprint density at radius 1 is 1.53 bits per heavy atom. The smallest absolute Gasteiger partial charge is 0.234 e. The number of benzene rings is 1. The molecular formula is C13H16FN3O2. The van der Waals surface area contributed by atoms with Crippen molar-refractivity contribution in [3.8, 4) is 6.07 Å². The number of nitriles is 1. The van der Waals surface area contributed by atoms with Gasteiger partial charge in [0.1, 0.15) is 5.82 Å². The van der Waals surface area contributed by atoms with E-state index in [1.807, 2.05) is 6.07 Å². The van der Waals surface area contributed by atoms with Crippen molar-refractivity contribution in [3.63, 3.8) is 0 Å². The second-order valence-corrected chi connectivity index (χ2v) is 3.86. The lowest BCUT2D eigenvalue weighted by Gasteiger charge is -2.07. The maximum absolute atomic E-state index is 13.4. The number of nitrogens with zero attached hydrogens (tertiary/aromatic N) is 1. The van der Waals surface area contributed by atoms with E-state index in [9.17, 15) is 9.18 Å². The molecule has 0 radical (unpaired) electrons. The molecule has 1 aromatic carbocycles. The summed E-state index contributed by atoms with van der Waals surface area (Å²) in [6, 6.07) is 6.06. The highest BCUT2D eigenvalue weighted by molar-refractivity contribution is 5.77. The Balaban J connectivity index is 2.37. The number of amides is 1. The predicted molar refractivity (Wildman–Crippen MR) is 67.7 cm³/mol. The highest BCUT2D eigenvalue weighted by Crippen LogP contribution is 2.09. The first-order chi connectivity index (χ1) is 9.17. The standard InChI is InChI=1S/C13H16FN3O2/c1-19-5-4-17-13(18)9-16-8-11-6-10(7-15)2-3-12(11)14/h2-3,6,16H,4-5,8-9H2,1H3,(H,17,18). The number of nitrogens with one attached hydrogen (secondary N) is 2. The largest absolute Gasteiger partial charge is 0.383 e. The van der Waals surface area contributed by atoms with Crippen LogP contribution in [0.1, 0.15) is 11.1 Å². The van der Waals surface area contributed by atoms with Crippen molar-refractivity contribution in [2.24, 2.45) is 0 Å². The van der Waals surface area contributed by atoms with Gasteiger partial charge < -0.3 is 15.4 Å². The first-order valence-electron chi connectivity index (χ1n) is 5.82. The first kappa shape index (κ1) is 15.1. The van der Waals surface area contributed by atoms with E-state index < -0.39 is 5.82 Å². The molecule has 0 heterocycles. The fourth-order valence-electron chi connectivity index (χ4n) is 1.45. The lowest BCUT2D eigenvalue weighted by atomic mass is 10.1. The molecule has 19 heavy (non-hydrogen) atoms. The zero-order chi connectivity index (χ0) is 14.1. The molecule has 5 nitrogen and oxygen atoms in total. The lowest BCUT2D eigenvalue weighted by Crippen LogP contribution is -2.35. The summed E-state index contributed by atoms with van der Waals surface area (Å²) in [6.07, 6.45) is 0. The quantitative estimate of drug-likeness (QED) is 0.706. The maximum Gasteiger partial charge on any atom is 0.234 e. The van der Waals surface area contributed by atoms with Crippen molar-refractivity contribution in [2.45, 2.75) is 6.54 Å². The van der Waals surface area contributed by atoms with Gasteiger partial charge in [0.2, 0.25) is 5.91 Å². The van der Waals surface area contributed by atoms with Crippen molar-refractivity contribution in [2.75, 3.05) is 26.8 Å². The van der Waals surface area contributed by atoms with E-state index in [2.05, 4.69) is 10.6 Å². The number of methoxy groups -OCH3 is 1. The van der Waals surface area contributed by atoms with Gasteiger partial charge in [-0.2, -0.15) is 5.26 Å². The van der Waals surface area contributed by atoms with Crippen LogP contribution in [0.2, 0.25) is 0 Å². The number of rotatable bonds is 7. The summed E-state index contributed by atoms with van der Waals surface area (Å²) in [5.41, 5.74) is 0.756. The molecule has 0 saturated heterocycles. The van der Waals surface area contributed by atoms with Crippen molar-refractivity contribution < 1.29 is 13.9 Å². The van der Waals surface area contributed by atoms with Crippen LogP contribution in [0.5, 0.6) is 0 Å². The van der Waals surface area contributed by atoms with Crippen LogP contribution in [0.25, 0.3) is 0 Å². The van der Waals surface area contributed by atoms with Crippen molar-refractivity contribution >= 4 is 5.91 Å². The van der Waals surface area contributed by atoms with Gasteiger partial charge in [-0.3, -0.25) is 4.79 Å². The van der Waals surface area contributed by atoms with Gasteiger partial charge >= 0.3 is 0 Å². The highest BCUT2D eigenvalue weighted by Gasteiger charge is 2.05. The molecule has 0 fully saturated rings. The zero-order valence-corrected chi connectivity index (χ0v) is 10.7. The minimum absolute atomic E-state index is 0.0833. The molecule has 2 N–H and O–H groups in total. The Morgan fingerprint density at radius 2 is 2.32 bits per heavy atom. The fourth-order valence-corrected chi connectivity index (χ4v) is 1.45. The number of hydrogen-bond donors (Lipinski definition) is 2. The Kier molecular flexibility index (Phi) is 6.50. The molecular weight excluding hydrogens is 249 g/mol. The Bertz CT molecular complexity index is 471. The second-order valence-electron chi connectivity index (χ2n) is 3.86. The van der Waals surface area contributed by atoms with Gasteiger partial charge in [0, 0.05) is 25.8 Å². The lowest BCUT2D eigenvalue weighted by molar-refractivity contribution is -0.120. The average Bonchev–Trinajstić information content (AvgIpc) is 2.41. The zero-order valence-electron chi connectivity index (χ0n) is 10.7. The van der Waals surface area contributed by atoms with Crippen molar-refractivity contribution in [1.82, 2.24) is 10.6 Å². The summed E-state index contributed by atoms with van der Waals surface area (Å²) in [6.45, 7) is 1.17. The molecule has 1 rings (SSSR count). The molecule has 0 atom stereocenters. The number of hydrogen-bond acceptors (Lipinski definition) is 4. The Hall–Kier alpha value is -1.97. The molecule has 1 aromatic rings. The van der Waals surface area contributed by atoms with Gasteiger partial charge in [0.05, 0.1) is 24.8 Å². The van der Waals surface area contributed by atoms with E-state index in [1.54, 1.807) is 7.11 Å². The Morgan fingerprint density at radius 3 is 3.00 bits per heavy atom. The average molecular weight is 265 g/mol. The summed E-state index contributed by atoms with van der Waals surface area (Å²) < 4.78 is 18.2. The van der Waals surface area contributed by atoms with Crippen LogP contribution >= 0.6 is 0 Å². The molecule has 1 amide bonds. The normalized spacial score (nSPS) is 9.95. The third kappa shape index (κ3) is 5.46. The minimum Gasteiger partial charge on any atom is -0.383 e. The van der Waals surface area contributed by atoms with E-state index in [0.29, 0.717) is 24.3 Å². The molecule has 0 aliphatic rings. The molecule has 0 unspecified atom stereocenters. The van der Waals surface area contributed by atoms with Gasteiger partial charge in [-0.05, 0) is 18.2 Å². The molecule has 0 saturated carbocycles. The summed E-state index contributed by atoms with van der Waals surface area (Å²) in [5, 5.41) is 14.2. The highest BCUT2D eigenvalue weighted by atomic mass is 19.1. The van der Waals surface area contributed by atoms with Gasteiger partial charge in [-0.15, -0.1) is 0 Å². The van der Waals surface area contributed by atoms with Crippen molar-refractivity contribution in [3.05, 3.63) is 35.1 Å². The van der Waals surface area contributed by atoms with Gasteiger partial charge in [-0.1, -0.05) is 0 Å². The van der Waals surface area contributed by atoms with E-state index in [4.69, 9.17) is 10.00 Å². The Labute approximate surface area is 111 Å². The monoisotopic (exact) mass is 265 g/mol.